The quantitative estimate of drug-likeness (QED) is 0.892. The molecule has 0 spiro atoms. The van der Waals surface area contributed by atoms with E-state index in [1.165, 1.54) is 18.9 Å². The third kappa shape index (κ3) is 4.28. The van der Waals surface area contributed by atoms with Gasteiger partial charge in [0.25, 0.3) is 0 Å². The lowest BCUT2D eigenvalue weighted by Crippen LogP contribution is -2.36. The van der Waals surface area contributed by atoms with Crippen LogP contribution in [-0.4, -0.2) is 35.6 Å². The van der Waals surface area contributed by atoms with Crippen molar-refractivity contribution in [2.75, 3.05) is 18.9 Å². The molecule has 1 aromatic rings. The van der Waals surface area contributed by atoms with E-state index in [0.29, 0.717) is 15.7 Å². The Morgan fingerprint density at radius 3 is 2.30 bits per heavy atom. The molecule has 0 heterocycles. The standard InChI is InChI=1S/C13H16Cl2N2O3/c1-7(12(18)19)6-17(3)13(20)16-9-4-10(14)8(2)11(15)5-9/h4-5,7H,6H2,1-3H3,(H,16,20)(H,18,19). The zero-order valence-corrected chi connectivity index (χ0v) is 12.9. The molecule has 20 heavy (non-hydrogen) atoms. The number of anilines is 1. The molecule has 0 aliphatic heterocycles. The SMILES string of the molecule is Cc1c(Cl)cc(NC(=O)N(C)CC(C)C(=O)O)cc1Cl. The first-order valence-electron chi connectivity index (χ1n) is 5.93. The number of carbonyl (C=O) groups excluding carboxylic acids is 1. The topological polar surface area (TPSA) is 69.6 Å². The lowest BCUT2D eigenvalue weighted by Gasteiger charge is -2.20. The Hall–Kier alpha value is -1.46. The molecular weight excluding hydrogens is 303 g/mol. The summed E-state index contributed by atoms with van der Waals surface area (Å²) < 4.78 is 0. The Kier molecular flexibility index (Phi) is 5.65. The molecule has 0 radical (unpaired) electrons. The summed E-state index contributed by atoms with van der Waals surface area (Å²) in [6.45, 7) is 3.41. The van der Waals surface area contributed by atoms with E-state index in [9.17, 15) is 9.59 Å². The molecule has 0 aliphatic carbocycles. The Morgan fingerprint density at radius 1 is 1.35 bits per heavy atom. The summed E-state index contributed by atoms with van der Waals surface area (Å²) in [5, 5.41) is 12.3. The summed E-state index contributed by atoms with van der Waals surface area (Å²) in [6, 6.07) is 2.76. The third-order valence-electron chi connectivity index (χ3n) is 2.85. The van der Waals surface area contributed by atoms with Gasteiger partial charge in [0.05, 0.1) is 5.92 Å². The van der Waals surface area contributed by atoms with Gasteiger partial charge in [-0.05, 0) is 24.6 Å². The number of rotatable bonds is 4. The zero-order chi connectivity index (χ0) is 15.4. The molecule has 1 rings (SSSR count). The molecule has 110 valence electrons. The van der Waals surface area contributed by atoms with E-state index in [4.69, 9.17) is 28.3 Å². The van der Waals surface area contributed by atoms with Gasteiger partial charge in [0, 0.05) is 29.3 Å². The molecule has 5 nitrogen and oxygen atoms in total. The van der Waals surface area contributed by atoms with Crippen LogP contribution in [0.15, 0.2) is 12.1 Å². The van der Waals surface area contributed by atoms with Crippen molar-refractivity contribution in [3.8, 4) is 0 Å². The molecule has 0 saturated carbocycles. The molecule has 0 fully saturated rings. The minimum absolute atomic E-state index is 0.106. The van der Waals surface area contributed by atoms with Gasteiger partial charge >= 0.3 is 12.0 Å². The average Bonchev–Trinajstić information content (AvgIpc) is 2.35. The van der Waals surface area contributed by atoms with E-state index < -0.39 is 17.9 Å². The minimum Gasteiger partial charge on any atom is -0.481 e. The van der Waals surface area contributed by atoms with Gasteiger partial charge in [-0.15, -0.1) is 0 Å². The van der Waals surface area contributed by atoms with Crippen molar-refractivity contribution in [2.45, 2.75) is 13.8 Å². The molecule has 0 saturated heterocycles. The highest BCUT2D eigenvalue weighted by molar-refractivity contribution is 6.36. The van der Waals surface area contributed by atoms with Crippen molar-refractivity contribution < 1.29 is 14.7 Å². The van der Waals surface area contributed by atoms with Gasteiger partial charge in [-0.3, -0.25) is 4.79 Å². The van der Waals surface area contributed by atoms with Crippen LogP contribution in [0, 0.1) is 12.8 Å². The highest BCUT2D eigenvalue weighted by atomic mass is 35.5. The summed E-state index contributed by atoms with van der Waals surface area (Å²) in [5.74, 6) is -1.60. The van der Waals surface area contributed by atoms with Gasteiger partial charge in [-0.1, -0.05) is 30.1 Å². The van der Waals surface area contributed by atoms with E-state index in [1.54, 1.807) is 19.1 Å². The first kappa shape index (κ1) is 16.6. The van der Waals surface area contributed by atoms with Crippen LogP contribution < -0.4 is 5.32 Å². The molecular formula is C13H16Cl2N2O3. The highest BCUT2D eigenvalue weighted by Gasteiger charge is 2.17. The van der Waals surface area contributed by atoms with Gasteiger partial charge < -0.3 is 15.3 Å². The number of benzene rings is 1. The van der Waals surface area contributed by atoms with Gasteiger partial charge in [-0.2, -0.15) is 0 Å². The molecule has 2 N–H and O–H groups in total. The highest BCUT2D eigenvalue weighted by Crippen LogP contribution is 2.28. The van der Waals surface area contributed by atoms with E-state index in [1.807, 2.05) is 0 Å². The Labute approximate surface area is 127 Å². The summed E-state index contributed by atoms with van der Waals surface area (Å²) in [5.41, 5.74) is 1.20. The molecule has 0 bridgehead atoms. The van der Waals surface area contributed by atoms with Crippen molar-refractivity contribution in [3.63, 3.8) is 0 Å². The molecule has 1 aromatic carbocycles. The Morgan fingerprint density at radius 2 is 1.85 bits per heavy atom. The fraction of sp³-hybridized carbons (Fsp3) is 0.385. The number of halogens is 2. The second-order valence-electron chi connectivity index (χ2n) is 4.61. The number of nitrogens with one attached hydrogen (secondary N) is 1. The number of urea groups is 1. The molecule has 7 heteroatoms. The number of carbonyl (C=O) groups is 2. The molecule has 0 aromatic heterocycles. The number of aliphatic carboxylic acids is 1. The summed E-state index contributed by atoms with van der Waals surface area (Å²) >= 11 is 12.0. The van der Waals surface area contributed by atoms with E-state index >= 15 is 0 Å². The molecule has 0 aliphatic rings. The monoisotopic (exact) mass is 318 g/mol. The molecule has 2 amide bonds. The lowest BCUT2D eigenvalue weighted by atomic mass is 10.2. The van der Waals surface area contributed by atoms with Gasteiger partial charge in [0.1, 0.15) is 0 Å². The lowest BCUT2D eigenvalue weighted by molar-refractivity contribution is -0.141. The van der Waals surface area contributed by atoms with Crippen molar-refractivity contribution in [1.82, 2.24) is 4.90 Å². The predicted molar refractivity (Wildman–Crippen MR) is 79.6 cm³/mol. The molecule has 1 atom stereocenters. The second-order valence-corrected chi connectivity index (χ2v) is 5.43. The van der Waals surface area contributed by atoms with Gasteiger partial charge in [0.2, 0.25) is 0 Å². The van der Waals surface area contributed by atoms with Crippen molar-refractivity contribution in [3.05, 3.63) is 27.7 Å². The Balaban J connectivity index is 2.73. The number of hydrogen-bond donors (Lipinski definition) is 2. The minimum atomic E-state index is -0.953. The number of carboxylic acids is 1. The average molecular weight is 319 g/mol. The summed E-state index contributed by atoms with van der Waals surface area (Å²) in [4.78, 5) is 24.0. The fourth-order valence-electron chi connectivity index (χ4n) is 1.51. The second kappa shape index (κ2) is 6.81. The van der Waals surface area contributed by atoms with Crippen LogP contribution in [0.1, 0.15) is 12.5 Å². The maximum absolute atomic E-state index is 11.9. The van der Waals surface area contributed by atoms with Crippen LogP contribution in [-0.2, 0) is 4.79 Å². The first-order chi connectivity index (χ1) is 9.22. The van der Waals surface area contributed by atoms with Gasteiger partial charge in [-0.25, -0.2) is 4.79 Å². The van der Waals surface area contributed by atoms with Crippen LogP contribution >= 0.6 is 23.2 Å². The smallest absolute Gasteiger partial charge is 0.321 e. The number of nitrogens with zero attached hydrogens (tertiary/aromatic N) is 1. The number of amides is 2. The van der Waals surface area contributed by atoms with E-state index in [0.717, 1.165) is 5.56 Å². The summed E-state index contributed by atoms with van der Waals surface area (Å²) in [7, 11) is 1.52. The van der Waals surface area contributed by atoms with Crippen molar-refractivity contribution in [1.29, 1.82) is 0 Å². The zero-order valence-electron chi connectivity index (χ0n) is 11.4. The maximum atomic E-state index is 11.9. The normalized spacial score (nSPS) is 11.8. The largest absolute Gasteiger partial charge is 0.481 e. The Bertz CT molecular complexity index is 511. The van der Waals surface area contributed by atoms with Crippen LogP contribution in [0.2, 0.25) is 10.0 Å². The summed E-state index contributed by atoms with van der Waals surface area (Å²) in [6.07, 6.45) is 0. The third-order valence-corrected chi connectivity index (χ3v) is 3.63. The van der Waals surface area contributed by atoms with Crippen LogP contribution in [0.3, 0.4) is 0 Å². The number of carboxylic acid groups (broad SMARTS) is 1. The first-order valence-corrected chi connectivity index (χ1v) is 6.68. The van der Waals surface area contributed by atoms with E-state index in [-0.39, 0.29) is 6.54 Å². The van der Waals surface area contributed by atoms with Gasteiger partial charge in [0.15, 0.2) is 0 Å². The molecule has 1 unspecified atom stereocenters. The number of hydrogen-bond acceptors (Lipinski definition) is 2. The van der Waals surface area contributed by atoms with Crippen LogP contribution in [0.5, 0.6) is 0 Å². The van der Waals surface area contributed by atoms with Crippen molar-refractivity contribution in [2.24, 2.45) is 5.92 Å². The fourth-order valence-corrected chi connectivity index (χ4v) is 2.00. The predicted octanol–water partition coefficient (Wildman–Crippen LogP) is 3.49. The van der Waals surface area contributed by atoms with Crippen molar-refractivity contribution >= 4 is 40.9 Å². The van der Waals surface area contributed by atoms with E-state index in [2.05, 4.69) is 5.32 Å². The van der Waals surface area contributed by atoms with Crippen LogP contribution in [0.25, 0.3) is 0 Å². The maximum Gasteiger partial charge on any atom is 0.321 e. The van der Waals surface area contributed by atoms with Crippen LogP contribution in [0.4, 0.5) is 10.5 Å².